The van der Waals surface area contributed by atoms with Gasteiger partial charge in [-0.3, -0.25) is 0 Å². The number of hydrogen-bond acceptors (Lipinski definition) is 5. The van der Waals surface area contributed by atoms with E-state index in [4.69, 9.17) is 4.52 Å². The third-order valence-corrected chi connectivity index (χ3v) is 4.32. The molecule has 0 aliphatic carbocycles. The number of amides is 2. The lowest BCUT2D eigenvalue weighted by atomic mass is 10.1. The van der Waals surface area contributed by atoms with Crippen LogP contribution >= 0.6 is 0 Å². The molecule has 0 fully saturated rings. The van der Waals surface area contributed by atoms with Crippen molar-refractivity contribution in [1.29, 1.82) is 0 Å². The Morgan fingerprint density at radius 3 is 2.77 bits per heavy atom. The molecular weight excluding hydrogens is 332 g/mol. The van der Waals surface area contributed by atoms with Crippen LogP contribution in [-0.4, -0.2) is 26.1 Å². The number of rotatable bonds is 5. The van der Waals surface area contributed by atoms with Crippen molar-refractivity contribution in [2.45, 2.75) is 47.1 Å². The Kier molecular flexibility index (Phi) is 4.92. The average molecular weight is 356 g/mol. The molecule has 0 bridgehead atoms. The second kappa shape index (κ2) is 7.15. The number of nitrogens with one attached hydrogen (secondary N) is 3. The fraction of sp³-hybridized carbons (Fsp3) is 0.444. The Morgan fingerprint density at radius 2 is 2.04 bits per heavy atom. The van der Waals surface area contributed by atoms with Crippen LogP contribution in [0.5, 0.6) is 0 Å². The first-order chi connectivity index (χ1) is 12.3. The van der Waals surface area contributed by atoms with Crippen molar-refractivity contribution in [3.8, 4) is 0 Å². The van der Waals surface area contributed by atoms with Crippen LogP contribution in [0.4, 0.5) is 10.5 Å². The monoisotopic (exact) mass is 356 g/mol. The molecule has 1 atom stereocenters. The van der Waals surface area contributed by atoms with Gasteiger partial charge in [0.15, 0.2) is 5.82 Å². The molecule has 2 amide bonds. The predicted molar refractivity (Wildman–Crippen MR) is 99.0 cm³/mol. The molecule has 8 heteroatoms. The molecule has 26 heavy (non-hydrogen) atoms. The summed E-state index contributed by atoms with van der Waals surface area (Å²) < 4.78 is 5.25. The number of carbonyl (C=O) groups is 1. The molecular formula is C18H24N6O2. The zero-order valence-electron chi connectivity index (χ0n) is 15.7. The lowest BCUT2D eigenvalue weighted by Crippen LogP contribution is -2.31. The van der Waals surface area contributed by atoms with Gasteiger partial charge in [0.25, 0.3) is 0 Å². The van der Waals surface area contributed by atoms with E-state index in [1.807, 2.05) is 26.8 Å². The van der Waals surface area contributed by atoms with Gasteiger partial charge in [0, 0.05) is 12.1 Å². The van der Waals surface area contributed by atoms with Crippen LogP contribution in [0, 0.1) is 19.8 Å². The summed E-state index contributed by atoms with van der Waals surface area (Å²) in [6.07, 6.45) is 2.39. The molecule has 138 valence electrons. The molecule has 0 saturated heterocycles. The normalized spacial score (nSPS) is 12.5. The van der Waals surface area contributed by atoms with Crippen molar-refractivity contribution in [1.82, 2.24) is 25.4 Å². The molecule has 0 aliphatic heterocycles. The average Bonchev–Trinajstić information content (AvgIpc) is 3.21. The quantitative estimate of drug-likeness (QED) is 0.646. The van der Waals surface area contributed by atoms with E-state index in [-0.39, 0.29) is 12.1 Å². The van der Waals surface area contributed by atoms with E-state index < -0.39 is 0 Å². The van der Waals surface area contributed by atoms with Crippen LogP contribution < -0.4 is 10.6 Å². The van der Waals surface area contributed by atoms with Crippen molar-refractivity contribution in [3.63, 3.8) is 0 Å². The fourth-order valence-corrected chi connectivity index (χ4v) is 2.78. The lowest BCUT2D eigenvalue weighted by Gasteiger charge is -2.14. The van der Waals surface area contributed by atoms with Crippen LogP contribution in [0.25, 0.3) is 11.0 Å². The Morgan fingerprint density at radius 1 is 1.27 bits per heavy atom. The molecule has 3 aromatic rings. The summed E-state index contributed by atoms with van der Waals surface area (Å²) in [5.74, 6) is 1.49. The highest BCUT2D eigenvalue weighted by atomic mass is 16.5. The summed E-state index contributed by atoms with van der Waals surface area (Å²) in [6.45, 7) is 9.93. The van der Waals surface area contributed by atoms with Gasteiger partial charge in [0.05, 0.1) is 17.4 Å². The Balaban J connectivity index is 1.69. The van der Waals surface area contributed by atoms with Crippen molar-refractivity contribution < 1.29 is 9.32 Å². The molecule has 0 aliphatic rings. The number of aryl methyl sites for hydroxylation is 1. The molecule has 8 nitrogen and oxygen atoms in total. The van der Waals surface area contributed by atoms with Gasteiger partial charge in [-0.2, -0.15) is 4.98 Å². The van der Waals surface area contributed by atoms with E-state index in [0.717, 1.165) is 34.3 Å². The van der Waals surface area contributed by atoms with E-state index in [1.54, 1.807) is 6.33 Å². The van der Waals surface area contributed by atoms with Gasteiger partial charge in [-0.05, 0) is 43.9 Å². The van der Waals surface area contributed by atoms with E-state index in [1.165, 1.54) is 0 Å². The number of aromatic nitrogens is 4. The fourth-order valence-electron chi connectivity index (χ4n) is 2.78. The van der Waals surface area contributed by atoms with Gasteiger partial charge in [0.2, 0.25) is 5.89 Å². The minimum Gasteiger partial charge on any atom is -0.345 e. The summed E-state index contributed by atoms with van der Waals surface area (Å²) in [4.78, 5) is 24.1. The first-order valence-corrected chi connectivity index (χ1v) is 8.68. The zero-order valence-corrected chi connectivity index (χ0v) is 15.7. The Hall–Kier alpha value is -2.90. The number of nitrogens with zero attached hydrogens (tertiary/aromatic N) is 3. The van der Waals surface area contributed by atoms with Gasteiger partial charge < -0.3 is 20.1 Å². The number of benzene rings is 1. The highest BCUT2D eigenvalue weighted by molar-refractivity contribution is 5.94. The summed E-state index contributed by atoms with van der Waals surface area (Å²) in [7, 11) is 0. The van der Waals surface area contributed by atoms with Crippen molar-refractivity contribution in [2.24, 2.45) is 5.92 Å². The van der Waals surface area contributed by atoms with Crippen LogP contribution in [0.15, 0.2) is 16.9 Å². The number of anilines is 1. The Bertz CT molecular complexity index is 927. The van der Waals surface area contributed by atoms with E-state index in [0.29, 0.717) is 17.6 Å². The van der Waals surface area contributed by atoms with Crippen molar-refractivity contribution in [3.05, 3.63) is 35.2 Å². The molecule has 0 radical (unpaired) electrons. The number of fused-ring (bicyclic) bond motifs is 1. The number of urea groups is 1. The second-order valence-corrected chi connectivity index (χ2v) is 6.94. The molecule has 0 spiro atoms. The number of H-pyrrole nitrogens is 1. The summed E-state index contributed by atoms with van der Waals surface area (Å²) in [5, 5.41) is 9.67. The molecule has 1 aromatic carbocycles. The van der Waals surface area contributed by atoms with Crippen LogP contribution in [0.3, 0.4) is 0 Å². The van der Waals surface area contributed by atoms with E-state index in [2.05, 4.69) is 44.6 Å². The lowest BCUT2D eigenvalue weighted by molar-refractivity contribution is 0.245. The predicted octanol–water partition coefficient (Wildman–Crippen LogP) is 3.64. The summed E-state index contributed by atoms with van der Waals surface area (Å²) in [5.41, 5.74) is 4.53. The minimum atomic E-state index is -0.388. The standard InChI is InChI=1S/C18H24N6O2/c1-9(2)6-15-23-17(26-24-15)12(5)21-18(25)22-13-7-14-16(20-8-19-14)11(4)10(13)3/h7-9,12H,6H2,1-5H3,(H,19,20)(H2,21,22,25)/t12-/m1/s1. The van der Waals surface area contributed by atoms with Gasteiger partial charge in [-0.15, -0.1) is 0 Å². The van der Waals surface area contributed by atoms with Gasteiger partial charge in [-0.25, -0.2) is 9.78 Å². The van der Waals surface area contributed by atoms with Crippen LogP contribution in [-0.2, 0) is 6.42 Å². The maximum atomic E-state index is 12.4. The van der Waals surface area contributed by atoms with Crippen molar-refractivity contribution in [2.75, 3.05) is 5.32 Å². The number of imidazole rings is 1. The molecule has 0 saturated carbocycles. The third-order valence-electron chi connectivity index (χ3n) is 4.32. The molecule has 3 N–H and O–H groups in total. The van der Waals surface area contributed by atoms with E-state index in [9.17, 15) is 4.79 Å². The second-order valence-electron chi connectivity index (χ2n) is 6.94. The first-order valence-electron chi connectivity index (χ1n) is 8.68. The molecule has 0 unspecified atom stereocenters. The first kappa shape index (κ1) is 17.9. The van der Waals surface area contributed by atoms with Gasteiger partial charge in [0.1, 0.15) is 6.04 Å². The maximum absolute atomic E-state index is 12.4. The molecule has 2 heterocycles. The highest BCUT2D eigenvalue weighted by Crippen LogP contribution is 2.26. The number of hydrogen-bond donors (Lipinski definition) is 3. The maximum Gasteiger partial charge on any atom is 0.319 e. The smallest absolute Gasteiger partial charge is 0.319 e. The molecule has 3 rings (SSSR count). The molecule has 2 aromatic heterocycles. The van der Waals surface area contributed by atoms with Crippen LogP contribution in [0.2, 0.25) is 0 Å². The Labute approximate surface area is 151 Å². The SMILES string of the molecule is Cc1c(NC(=O)N[C@H](C)c2nc(CC(C)C)no2)cc2[nH]cnc2c1C. The summed E-state index contributed by atoms with van der Waals surface area (Å²) in [6, 6.07) is 1.16. The largest absolute Gasteiger partial charge is 0.345 e. The van der Waals surface area contributed by atoms with Gasteiger partial charge in [-0.1, -0.05) is 19.0 Å². The highest BCUT2D eigenvalue weighted by Gasteiger charge is 2.18. The topological polar surface area (TPSA) is 109 Å². The minimum absolute atomic E-state index is 0.331. The van der Waals surface area contributed by atoms with Gasteiger partial charge >= 0.3 is 6.03 Å². The van der Waals surface area contributed by atoms with Crippen molar-refractivity contribution >= 4 is 22.8 Å². The number of carbonyl (C=O) groups excluding carboxylic acids is 1. The van der Waals surface area contributed by atoms with E-state index >= 15 is 0 Å². The third kappa shape index (κ3) is 3.68. The number of aromatic amines is 1. The summed E-state index contributed by atoms with van der Waals surface area (Å²) >= 11 is 0. The van der Waals surface area contributed by atoms with Crippen LogP contribution in [0.1, 0.15) is 49.7 Å². The zero-order chi connectivity index (χ0) is 18.8.